The van der Waals surface area contributed by atoms with Crippen molar-refractivity contribution in [3.05, 3.63) is 53.9 Å². The summed E-state index contributed by atoms with van der Waals surface area (Å²) in [6, 6.07) is 11.1. The van der Waals surface area contributed by atoms with Gasteiger partial charge in [0.2, 0.25) is 11.1 Å². The van der Waals surface area contributed by atoms with E-state index >= 15 is 0 Å². The molecule has 3 heterocycles. The maximum absolute atomic E-state index is 11.7. The number of anilines is 2. The van der Waals surface area contributed by atoms with Crippen LogP contribution in [-0.4, -0.2) is 46.3 Å². The number of hydrogen-bond acceptors (Lipinski definition) is 7. The summed E-state index contributed by atoms with van der Waals surface area (Å²) in [4.78, 5) is 24.2. The predicted molar refractivity (Wildman–Crippen MR) is 107 cm³/mol. The fourth-order valence-corrected chi connectivity index (χ4v) is 4.27. The fraction of sp³-hybridized carbons (Fsp3) is 0.263. The van der Waals surface area contributed by atoms with Gasteiger partial charge in [-0.05, 0) is 43.7 Å². The molecule has 1 unspecified atom stereocenters. The summed E-state index contributed by atoms with van der Waals surface area (Å²) in [6.45, 7) is 3.98. The number of aromatic amines is 1. The number of nitrogens with zero attached hydrogens (tertiary/aromatic N) is 4. The van der Waals surface area contributed by atoms with E-state index in [1.807, 2.05) is 31.2 Å². The first kappa shape index (κ1) is 18.3. The Hall–Kier alpha value is -3.07. The van der Waals surface area contributed by atoms with Crippen LogP contribution in [0, 0.1) is 6.92 Å². The van der Waals surface area contributed by atoms with Crippen molar-refractivity contribution in [1.82, 2.24) is 20.2 Å². The van der Waals surface area contributed by atoms with Crippen LogP contribution in [0.1, 0.15) is 22.5 Å². The molecule has 4 rings (SSSR count). The van der Waals surface area contributed by atoms with Gasteiger partial charge in [-0.1, -0.05) is 0 Å². The zero-order valence-corrected chi connectivity index (χ0v) is 16.5. The molecule has 1 aromatic carbocycles. The summed E-state index contributed by atoms with van der Waals surface area (Å²) in [5, 5.41) is 7.90. The lowest BCUT2D eigenvalue weighted by atomic mass is 10.2. The molecule has 28 heavy (non-hydrogen) atoms. The van der Waals surface area contributed by atoms with E-state index in [0.717, 1.165) is 35.3 Å². The number of methoxy groups -OCH3 is 1. The third-order valence-corrected chi connectivity index (χ3v) is 6.12. The lowest BCUT2D eigenvalue weighted by molar-refractivity contribution is 0.0600. The molecular formula is C19H21N6O2S+. The Labute approximate surface area is 165 Å². The molecule has 0 radical (unpaired) electrons. The Bertz CT molecular complexity index is 971. The molecule has 0 saturated carbocycles. The highest BCUT2D eigenvalue weighted by atomic mass is 32.2. The fourth-order valence-electron chi connectivity index (χ4n) is 2.78. The highest BCUT2D eigenvalue weighted by Gasteiger charge is 2.32. The van der Waals surface area contributed by atoms with E-state index in [4.69, 9.17) is 9.72 Å². The van der Waals surface area contributed by atoms with Crippen LogP contribution in [0.2, 0.25) is 0 Å². The van der Waals surface area contributed by atoms with Crippen molar-refractivity contribution in [2.45, 2.75) is 23.4 Å². The second kappa shape index (κ2) is 7.89. The first-order chi connectivity index (χ1) is 13.6. The first-order valence-electron chi connectivity index (χ1n) is 8.93. The average Bonchev–Trinajstić information content (AvgIpc) is 3.09. The van der Waals surface area contributed by atoms with Crippen LogP contribution < -0.4 is 9.62 Å². The molecule has 0 bridgehead atoms. The van der Waals surface area contributed by atoms with Crippen molar-refractivity contribution in [3.63, 3.8) is 0 Å². The zero-order valence-electron chi connectivity index (χ0n) is 15.7. The molecule has 3 aromatic rings. The highest BCUT2D eigenvalue weighted by Crippen LogP contribution is 2.25. The number of ether oxygens (including phenoxy) is 1. The lowest BCUT2D eigenvalue weighted by Gasteiger charge is -2.31. The van der Waals surface area contributed by atoms with Gasteiger partial charge in [0.25, 0.3) is 0 Å². The Morgan fingerprint density at radius 2 is 2.04 bits per heavy atom. The van der Waals surface area contributed by atoms with E-state index in [1.165, 1.54) is 13.5 Å². The summed E-state index contributed by atoms with van der Waals surface area (Å²) in [7, 11) is 1.37. The Balaban J connectivity index is 1.68. The number of rotatable bonds is 6. The molecule has 1 fully saturated rings. The minimum absolute atomic E-state index is 0.363. The van der Waals surface area contributed by atoms with Gasteiger partial charge in [-0.25, -0.2) is 4.79 Å². The van der Waals surface area contributed by atoms with Crippen LogP contribution in [0.15, 0.2) is 52.6 Å². The zero-order chi connectivity index (χ0) is 19.5. The predicted octanol–water partition coefficient (Wildman–Crippen LogP) is 2.57. The van der Waals surface area contributed by atoms with Gasteiger partial charge in [0.1, 0.15) is 5.82 Å². The number of H-pyrrole nitrogens is 1. The van der Waals surface area contributed by atoms with Crippen molar-refractivity contribution in [2.24, 2.45) is 0 Å². The van der Waals surface area contributed by atoms with Gasteiger partial charge in [0.05, 0.1) is 12.7 Å². The van der Waals surface area contributed by atoms with Crippen molar-refractivity contribution in [1.29, 1.82) is 0 Å². The molecule has 1 atom stereocenters. The molecule has 1 aliphatic rings. The summed E-state index contributed by atoms with van der Waals surface area (Å²) >= 11 is -0.651. The van der Waals surface area contributed by atoms with Crippen molar-refractivity contribution >= 4 is 28.7 Å². The molecule has 2 N–H and O–H groups in total. The maximum atomic E-state index is 11.7. The van der Waals surface area contributed by atoms with Gasteiger partial charge in [0, 0.05) is 31.0 Å². The minimum atomic E-state index is -0.651. The summed E-state index contributed by atoms with van der Waals surface area (Å²) in [5.41, 5.74) is 1.46. The Morgan fingerprint density at radius 1 is 1.25 bits per heavy atom. The summed E-state index contributed by atoms with van der Waals surface area (Å²) in [6.07, 6.45) is 2.97. The molecule has 8 nitrogen and oxygen atoms in total. The number of hydrogen-bond donors (Lipinski definition) is 2. The van der Waals surface area contributed by atoms with Gasteiger partial charge in [-0.2, -0.15) is 19.8 Å². The quantitative estimate of drug-likeness (QED) is 0.375. The second-order valence-corrected chi connectivity index (χ2v) is 8.05. The second-order valence-electron chi connectivity index (χ2n) is 6.40. The van der Waals surface area contributed by atoms with E-state index in [-0.39, 0.29) is 5.97 Å². The number of aryl methyl sites for hydroxylation is 1. The lowest BCUT2D eigenvalue weighted by Crippen LogP contribution is -2.38. The molecule has 9 heteroatoms. The van der Waals surface area contributed by atoms with Crippen LogP contribution in [0.5, 0.6) is 0 Å². The van der Waals surface area contributed by atoms with E-state index in [0.29, 0.717) is 10.7 Å². The minimum Gasteiger partial charge on any atom is -0.465 e. The largest absolute Gasteiger partial charge is 0.465 e. The number of aromatic nitrogens is 4. The summed E-state index contributed by atoms with van der Waals surface area (Å²) < 4.78 is 8.21. The van der Waals surface area contributed by atoms with Crippen molar-refractivity contribution < 1.29 is 9.53 Å². The number of esters is 1. The molecular weight excluding hydrogens is 376 g/mol. The summed E-state index contributed by atoms with van der Waals surface area (Å²) in [5.74, 6) is 1.29. The van der Waals surface area contributed by atoms with Crippen molar-refractivity contribution in [3.8, 4) is 0 Å². The molecule has 1 saturated heterocycles. The van der Waals surface area contributed by atoms with E-state index in [9.17, 15) is 4.79 Å². The maximum Gasteiger partial charge on any atom is 0.379 e. The van der Waals surface area contributed by atoms with Crippen LogP contribution >= 0.6 is 0 Å². The molecule has 2 aromatic heterocycles. The third kappa shape index (κ3) is 3.79. The number of carbonyl (C=O) groups excluding carboxylic acids is 1. The molecule has 0 spiro atoms. The van der Waals surface area contributed by atoms with Crippen molar-refractivity contribution in [2.75, 3.05) is 29.8 Å². The average molecular weight is 397 g/mol. The third-order valence-electron chi connectivity index (χ3n) is 4.41. The topological polar surface area (TPSA) is 96.0 Å². The number of benzene rings is 1. The molecule has 144 valence electrons. The first-order valence-corrected chi connectivity index (χ1v) is 10.2. The Kier molecular flexibility index (Phi) is 5.16. The number of carbonyl (C=O) groups is 1. The number of nitrogens with one attached hydrogen (secondary N) is 2. The standard InChI is InChI=1S/C19H21N6O2S/c1-13-12-16(23-22-13)24-28(15-6-4-14(5-7-15)18(26)27-2)19-20-9-8-17(21-19)25-10-3-11-25/h4-9,12H,3,10-11H2,1-2H3,(H2,22,23,24)/q+1. The molecule has 0 amide bonds. The highest BCUT2D eigenvalue weighted by molar-refractivity contribution is 7.98. The molecule has 1 aliphatic heterocycles. The van der Waals surface area contributed by atoms with Gasteiger partial charge in [-0.3, -0.25) is 5.10 Å². The van der Waals surface area contributed by atoms with Gasteiger partial charge in [0.15, 0.2) is 10.7 Å². The van der Waals surface area contributed by atoms with Gasteiger partial charge in [-0.15, -0.1) is 0 Å². The monoisotopic (exact) mass is 397 g/mol. The van der Waals surface area contributed by atoms with Crippen LogP contribution in [0.3, 0.4) is 0 Å². The Morgan fingerprint density at radius 3 is 2.64 bits per heavy atom. The van der Waals surface area contributed by atoms with Crippen LogP contribution in [0.25, 0.3) is 0 Å². The molecule has 0 aliphatic carbocycles. The SMILES string of the molecule is COC(=O)c1ccc([S+](Nc2cc(C)[nH]n2)c2nccc(N3CCC3)n2)cc1. The van der Waals surface area contributed by atoms with Crippen LogP contribution in [-0.2, 0) is 15.8 Å². The van der Waals surface area contributed by atoms with E-state index in [1.54, 1.807) is 18.3 Å². The van der Waals surface area contributed by atoms with E-state index in [2.05, 4.69) is 24.8 Å². The normalized spacial score (nSPS) is 14.3. The van der Waals surface area contributed by atoms with Gasteiger partial charge >= 0.3 is 11.1 Å². The van der Waals surface area contributed by atoms with E-state index < -0.39 is 11.1 Å². The van der Waals surface area contributed by atoms with Gasteiger partial charge < -0.3 is 9.64 Å². The smallest absolute Gasteiger partial charge is 0.379 e. The van der Waals surface area contributed by atoms with Crippen LogP contribution in [0.4, 0.5) is 11.6 Å².